The standard InChI is InChI=1S/C22H22O11/c1-8-16(26)18(28)19(29)22(31-8)33-21-17(27)15-12(25)6-10(23)7-14(15)32-20(21)9-3-4-11(24)13(5-9)30-2/h3-8,16,18-19,22-26,28-29H,1-2H3. The lowest BCUT2D eigenvalue weighted by Gasteiger charge is -2.38. The Morgan fingerprint density at radius 3 is 2.36 bits per heavy atom. The minimum absolute atomic E-state index is 0.0565. The smallest absolute Gasteiger partial charge is 0.239 e. The minimum atomic E-state index is -1.72. The summed E-state index contributed by atoms with van der Waals surface area (Å²) in [7, 11) is 1.32. The lowest BCUT2D eigenvalue weighted by molar-refractivity contribution is -0.268. The van der Waals surface area contributed by atoms with Gasteiger partial charge in [0.15, 0.2) is 17.3 Å². The van der Waals surface area contributed by atoms with E-state index in [0.717, 1.165) is 12.1 Å². The number of rotatable bonds is 4. The average molecular weight is 462 g/mol. The SMILES string of the molecule is COc1cc(-c2oc3cc(O)cc(O)c3c(=O)c2OC2OC(C)C(O)C(O)C2O)ccc1O. The number of phenols is 3. The predicted octanol–water partition coefficient (Wildman–Crippen LogP) is 0.792. The average Bonchev–Trinajstić information content (AvgIpc) is 2.77. The summed E-state index contributed by atoms with van der Waals surface area (Å²) in [5.74, 6) is -1.74. The number of methoxy groups -OCH3 is 1. The molecule has 1 saturated heterocycles. The van der Waals surface area contributed by atoms with Crippen LogP contribution in [0.3, 0.4) is 0 Å². The molecule has 0 bridgehead atoms. The van der Waals surface area contributed by atoms with Crippen molar-refractivity contribution in [3.05, 3.63) is 40.6 Å². The molecule has 11 nitrogen and oxygen atoms in total. The normalized spacial score (nSPS) is 25.2. The summed E-state index contributed by atoms with van der Waals surface area (Å²) >= 11 is 0. The van der Waals surface area contributed by atoms with Crippen molar-refractivity contribution in [2.75, 3.05) is 7.11 Å². The second-order valence-electron chi connectivity index (χ2n) is 7.61. The molecular weight excluding hydrogens is 440 g/mol. The Labute approximate surface area is 186 Å². The highest BCUT2D eigenvalue weighted by atomic mass is 16.7. The number of aromatic hydroxyl groups is 3. The van der Waals surface area contributed by atoms with Crippen LogP contribution in [-0.4, -0.2) is 68.5 Å². The van der Waals surface area contributed by atoms with Crippen LogP contribution in [0.4, 0.5) is 0 Å². The van der Waals surface area contributed by atoms with Gasteiger partial charge >= 0.3 is 0 Å². The Balaban J connectivity index is 1.93. The third-order valence-corrected chi connectivity index (χ3v) is 5.40. The molecule has 2 aromatic carbocycles. The molecule has 5 unspecified atom stereocenters. The largest absolute Gasteiger partial charge is 0.508 e. The molecule has 1 aromatic heterocycles. The summed E-state index contributed by atoms with van der Waals surface area (Å²) in [5, 5.41) is 60.0. The Bertz CT molecular complexity index is 1250. The van der Waals surface area contributed by atoms with Crippen LogP contribution in [0.25, 0.3) is 22.3 Å². The molecule has 176 valence electrons. The molecule has 6 N–H and O–H groups in total. The van der Waals surface area contributed by atoms with Crippen molar-refractivity contribution >= 4 is 11.0 Å². The lowest BCUT2D eigenvalue weighted by atomic mass is 10.00. The molecule has 4 rings (SSSR count). The maximum Gasteiger partial charge on any atom is 0.239 e. The van der Waals surface area contributed by atoms with Gasteiger partial charge in [-0.15, -0.1) is 0 Å². The quantitative estimate of drug-likeness (QED) is 0.323. The predicted molar refractivity (Wildman–Crippen MR) is 112 cm³/mol. The highest BCUT2D eigenvalue weighted by molar-refractivity contribution is 5.88. The van der Waals surface area contributed by atoms with Crippen LogP contribution in [0.15, 0.2) is 39.5 Å². The van der Waals surface area contributed by atoms with Gasteiger partial charge in [0.2, 0.25) is 17.5 Å². The molecule has 0 amide bonds. The van der Waals surface area contributed by atoms with Gasteiger partial charge in [0.25, 0.3) is 0 Å². The third-order valence-electron chi connectivity index (χ3n) is 5.40. The van der Waals surface area contributed by atoms with Crippen LogP contribution in [0, 0.1) is 0 Å². The van der Waals surface area contributed by atoms with E-state index in [1.165, 1.54) is 32.2 Å². The fraction of sp³-hybridized carbons (Fsp3) is 0.318. The fourth-order valence-electron chi connectivity index (χ4n) is 3.61. The number of phenolic OH excluding ortho intramolecular Hbond substituents is 3. The Hall–Kier alpha value is -3.51. The molecule has 3 aromatic rings. The van der Waals surface area contributed by atoms with Crippen LogP contribution in [0.1, 0.15) is 6.92 Å². The van der Waals surface area contributed by atoms with Crippen molar-refractivity contribution in [2.45, 2.75) is 37.6 Å². The molecule has 1 fully saturated rings. The first-order valence-electron chi connectivity index (χ1n) is 9.88. The monoisotopic (exact) mass is 462 g/mol. The summed E-state index contributed by atoms with van der Waals surface area (Å²) in [6, 6.07) is 6.11. The minimum Gasteiger partial charge on any atom is -0.508 e. The van der Waals surface area contributed by atoms with E-state index in [0.29, 0.717) is 0 Å². The van der Waals surface area contributed by atoms with Gasteiger partial charge in [0, 0.05) is 17.7 Å². The van der Waals surface area contributed by atoms with E-state index in [1.54, 1.807) is 0 Å². The molecule has 11 heteroatoms. The van der Waals surface area contributed by atoms with Crippen LogP contribution in [0.2, 0.25) is 0 Å². The van der Waals surface area contributed by atoms with E-state index >= 15 is 0 Å². The molecule has 0 saturated carbocycles. The number of aliphatic hydroxyl groups is 3. The van der Waals surface area contributed by atoms with Crippen molar-refractivity contribution in [2.24, 2.45) is 0 Å². The molecule has 33 heavy (non-hydrogen) atoms. The Morgan fingerprint density at radius 1 is 0.939 bits per heavy atom. The zero-order valence-electron chi connectivity index (χ0n) is 17.5. The first-order chi connectivity index (χ1) is 15.6. The third kappa shape index (κ3) is 3.91. The van der Waals surface area contributed by atoms with Crippen LogP contribution < -0.4 is 14.9 Å². The number of hydrogen-bond acceptors (Lipinski definition) is 11. The van der Waals surface area contributed by atoms with Crippen molar-refractivity contribution < 1.29 is 49.3 Å². The second-order valence-corrected chi connectivity index (χ2v) is 7.61. The molecule has 1 aliphatic rings. The molecule has 0 spiro atoms. The number of hydrogen-bond donors (Lipinski definition) is 6. The topological polar surface area (TPSA) is 179 Å². The summed E-state index contributed by atoms with van der Waals surface area (Å²) in [5.41, 5.74) is -0.818. The van der Waals surface area contributed by atoms with Crippen molar-refractivity contribution in [3.63, 3.8) is 0 Å². The van der Waals surface area contributed by atoms with E-state index in [9.17, 15) is 35.4 Å². The number of ether oxygens (including phenoxy) is 3. The van der Waals surface area contributed by atoms with Crippen LogP contribution in [-0.2, 0) is 4.74 Å². The summed E-state index contributed by atoms with van der Waals surface area (Å²) in [6.45, 7) is 1.44. The van der Waals surface area contributed by atoms with Crippen molar-refractivity contribution in [1.29, 1.82) is 0 Å². The van der Waals surface area contributed by atoms with Gasteiger partial charge in [0.1, 0.15) is 40.8 Å². The lowest BCUT2D eigenvalue weighted by Crippen LogP contribution is -2.58. The van der Waals surface area contributed by atoms with Crippen LogP contribution >= 0.6 is 0 Å². The van der Waals surface area contributed by atoms with E-state index in [2.05, 4.69) is 0 Å². The fourth-order valence-corrected chi connectivity index (χ4v) is 3.61. The van der Waals surface area contributed by atoms with Gasteiger partial charge in [-0.25, -0.2) is 0 Å². The molecule has 0 radical (unpaired) electrons. The summed E-state index contributed by atoms with van der Waals surface area (Å²) in [4.78, 5) is 13.3. The second kappa shape index (κ2) is 8.45. The molecule has 1 aliphatic heterocycles. The van der Waals surface area contributed by atoms with Crippen molar-refractivity contribution in [1.82, 2.24) is 0 Å². The van der Waals surface area contributed by atoms with E-state index in [-0.39, 0.29) is 39.5 Å². The van der Waals surface area contributed by atoms with Gasteiger partial charge in [-0.05, 0) is 25.1 Å². The van der Waals surface area contributed by atoms with E-state index < -0.39 is 47.6 Å². The van der Waals surface area contributed by atoms with Gasteiger partial charge in [-0.2, -0.15) is 0 Å². The van der Waals surface area contributed by atoms with Gasteiger partial charge in [-0.1, -0.05) is 0 Å². The number of benzene rings is 2. The summed E-state index contributed by atoms with van der Waals surface area (Å²) in [6.07, 6.45) is -7.24. The van der Waals surface area contributed by atoms with Crippen LogP contribution in [0.5, 0.6) is 28.7 Å². The highest BCUT2D eigenvalue weighted by Gasteiger charge is 2.44. The van der Waals surface area contributed by atoms with Gasteiger partial charge in [0.05, 0.1) is 13.2 Å². The molecule has 2 heterocycles. The highest BCUT2D eigenvalue weighted by Crippen LogP contribution is 2.39. The molecule has 5 atom stereocenters. The van der Waals surface area contributed by atoms with Gasteiger partial charge in [-0.3, -0.25) is 4.79 Å². The number of fused-ring (bicyclic) bond motifs is 1. The zero-order valence-corrected chi connectivity index (χ0v) is 17.5. The molecule has 0 aliphatic carbocycles. The Morgan fingerprint density at radius 2 is 1.67 bits per heavy atom. The van der Waals surface area contributed by atoms with E-state index in [4.69, 9.17) is 18.6 Å². The maximum absolute atomic E-state index is 13.3. The van der Waals surface area contributed by atoms with Gasteiger partial charge < -0.3 is 49.3 Å². The van der Waals surface area contributed by atoms with Crippen molar-refractivity contribution in [3.8, 4) is 40.1 Å². The number of aliphatic hydroxyl groups excluding tert-OH is 3. The molecular formula is C22H22O11. The zero-order chi connectivity index (χ0) is 24.0. The maximum atomic E-state index is 13.3. The van der Waals surface area contributed by atoms with E-state index in [1.807, 2.05) is 0 Å². The first kappa shape index (κ1) is 22.7. The summed E-state index contributed by atoms with van der Waals surface area (Å²) < 4.78 is 21.9. The first-order valence-corrected chi connectivity index (χ1v) is 9.88. The Kier molecular flexibility index (Phi) is 5.80.